The Kier molecular flexibility index (Phi) is 5.13. The molecule has 0 saturated carbocycles. The second-order valence-electron chi connectivity index (χ2n) is 6.64. The number of hydrogen-bond acceptors (Lipinski definition) is 5. The molecule has 7 nitrogen and oxygen atoms in total. The predicted molar refractivity (Wildman–Crippen MR) is 108 cm³/mol. The van der Waals surface area contributed by atoms with Crippen LogP contribution in [0.5, 0.6) is 0 Å². The minimum Gasteiger partial charge on any atom is -0.324 e. The highest BCUT2D eigenvalue weighted by atomic mass is 32.2. The highest BCUT2D eigenvalue weighted by Gasteiger charge is 2.27. The Morgan fingerprint density at radius 1 is 1.07 bits per heavy atom. The van der Waals surface area contributed by atoms with Gasteiger partial charge in [0, 0.05) is 29.2 Å². The first kappa shape index (κ1) is 19.0. The Hall–Kier alpha value is -2.36. The van der Waals surface area contributed by atoms with E-state index in [2.05, 4.69) is 10.6 Å². The second-order valence-corrected chi connectivity index (χ2v) is 9.59. The number of nitrogens with zero attached hydrogens (tertiary/aromatic N) is 1. The van der Waals surface area contributed by atoms with E-state index >= 15 is 0 Å². The van der Waals surface area contributed by atoms with Crippen molar-refractivity contribution in [2.45, 2.75) is 22.6 Å². The Morgan fingerprint density at radius 2 is 1.79 bits per heavy atom. The zero-order chi connectivity index (χ0) is 19.7. The lowest BCUT2D eigenvalue weighted by Gasteiger charge is -2.17. The number of benzene rings is 2. The number of amides is 2. The van der Waals surface area contributed by atoms with E-state index in [1.165, 1.54) is 28.2 Å². The summed E-state index contributed by atoms with van der Waals surface area (Å²) in [5.41, 5.74) is 1.54. The zero-order valence-corrected chi connectivity index (χ0v) is 16.6. The van der Waals surface area contributed by atoms with Gasteiger partial charge >= 0.3 is 0 Å². The van der Waals surface area contributed by atoms with Gasteiger partial charge in [0.2, 0.25) is 15.9 Å². The molecule has 2 aromatic rings. The van der Waals surface area contributed by atoms with E-state index in [0.717, 1.165) is 17.7 Å². The molecule has 1 fully saturated rings. The van der Waals surface area contributed by atoms with Gasteiger partial charge in [0.05, 0.1) is 16.3 Å². The van der Waals surface area contributed by atoms with E-state index in [-0.39, 0.29) is 16.7 Å². The molecule has 0 aliphatic carbocycles. The monoisotopic (exact) mass is 417 g/mol. The van der Waals surface area contributed by atoms with Crippen LogP contribution >= 0.6 is 11.8 Å². The molecule has 2 aromatic carbocycles. The van der Waals surface area contributed by atoms with Gasteiger partial charge in [-0.2, -0.15) is 4.31 Å². The van der Waals surface area contributed by atoms with Crippen LogP contribution in [0.4, 0.5) is 11.4 Å². The summed E-state index contributed by atoms with van der Waals surface area (Å²) in [6.45, 7) is 1.10. The van der Waals surface area contributed by atoms with E-state index < -0.39 is 10.0 Å². The van der Waals surface area contributed by atoms with Gasteiger partial charge in [-0.3, -0.25) is 9.59 Å². The van der Waals surface area contributed by atoms with Crippen LogP contribution in [0.3, 0.4) is 0 Å². The highest BCUT2D eigenvalue weighted by Crippen LogP contribution is 2.32. The van der Waals surface area contributed by atoms with E-state index in [4.69, 9.17) is 0 Å². The van der Waals surface area contributed by atoms with Crippen LogP contribution in [0.1, 0.15) is 23.2 Å². The Labute approximate surface area is 167 Å². The van der Waals surface area contributed by atoms with Crippen molar-refractivity contribution in [1.29, 1.82) is 0 Å². The van der Waals surface area contributed by atoms with Crippen LogP contribution in [0.25, 0.3) is 0 Å². The second kappa shape index (κ2) is 7.57. The molecule has 0 atom stereocenters. The maximum Gasteiger partial charge on any atom is 0.255 e. The first-order valence-electron chi connectivity index (χ1n) is 8.92. The van der Waals surface area contributed by atoms with Gasteiger partial charge in [-0.05, 0) is 55.3 Å². The molecular formula is C19H19N3O4S2. The summed E-state index contributed by atoms with van der Waals surface area (Å²) in [6, 6.07) is 11.3. The van der Waals surface area contributed by atoms with Gasteiger partial charge in [0.1, 0.15) is 0 Å². The molecule has 2 amide bonds. The normalized spacial score (nSPS) is 17.1. The fourth-order valence-corrected chi connectivity index (χ4v) is 5.52. The molecule has 2 N–H and O–H groups in total. The third kappa shape index (κ3) is 3.78. The highest BCUT2D eigenvalue weighted by molar-refractivity contribution is 8.00. The van der Waals surface area contributed by atoms with Crippen LogP contribution in [0.2, 0.25) is 0 Å². The molecule has 2 aliphatic heterocycles. The van der Waals surface area contributed by atoms with Crippen LogP contribution in [-0.2, 0) is 14.8 Å². The van der Waals surface area contributed by atoms with Crippen molar-refractivity contribution in [3.63, 3.8) is 0 Å². The molecule has 28 heavy (non-hydrogen) atoms. The molecule has 0 spiro atoms. The molecule has 146 valence electrons. The lowest BCUT2D eigenvalue weighted by atomic mass is 10.1. The van der Waals surface area contributed by atoms with E-state index in [9.17, 15) is 18.0 Å². The van der Waals surface area contributed by atoms with Crippen molar-refractivity contribution in [1.82, 2.24) is 4.31 Å². The number of sulfonamides is 1. The minimum absolute atomic E-state index is 0.0927. The standard InChI is InChI=1S/C19H19N3O4S2/c23-18-12-27-17-8-3-13(11-16(17)21-18)19(24)20-14-4-6-15(7-5-14)28(25,26)22-9-1-2-10-22/h3-8,11H,1-2,9-10,12H2,(H,20,24)(H,21,23). The summed E-state index contributed by atoms with van der Waals surface area (Å²) >= 11 is 1.43. The minimum atomic E-state index is -3.47. The van der Waals surface area contributed by atoms with Gasteiger partial charge in [-0.25, -0.2) is 8.42 Å². The third-order valence-corrected chi connectivity index (χ3v) is 7.68. The van der Waals surface area contributed by atoms with Crippen LogP contribution in [-0.4, -0.2) is 43.4 Å². The summed E-state index contributed by atoms with van der Waals surface area (Å²) < 4.78 is 26.6. The van der Waals surface area contributed by atoms with Crippen molar-refractivity contribution in [3.8, 4) is 0 Å². The van der Waals surface area contributed by atoms with E-state index in [0.29, 0.717) is 35.8 Å². The Balaban J connectivity index is 1.48. The van der Waals surface area contributed by atoms with Crippen molar-refractivity contribution in [3.05, 3.63) is 48.0 Å². The van der Waals surface area contributed by atoms with Crippen molar-refractivity contribution >= 4 is 45.0 Å². The average molecular weight is 418 g/mol. The van der Waals surface area contributed by atoms with Crippen molar-refractivity contribution in [2.24, 2.45) is 0 Å². The number of nitrogens with one attached hydrogen (secondary N) is 2. The smallest absolute Gasteiger partial charge is 0.255 e. The number of thioether (sulfide) groups is 1. The van der Waals surface area contributed by atoms with Gasteiger partial charge < -0.3 is 10.6 Å². The molecular weight excluding hydrogens is 398 g/mol. The molecule has 0 radical (unpaired) electrons. The summed E-state index contributed by atoms with van der Waals surface area (Å²) in [6.07, 6.45) is 1.76. The summed E-state index contributed by atoms with van der Waals surface area (Å²) in [5, 5.41) is 5.52. The predicted octanol–water partition coefficient (Wildman–Crippen LogP) is 2.77. The largest absolute Gasteiger partial charge is 0.324 e. The average Bonchev–Trinajstić information content (AvgIpc) is 3.23. The van der Waals surface area contributed by atoms with Gasteiger partial charge in [-0.15, -0.1) is 11.8 Å². The Morgan fingerprint density at radius 3 is 2.50 bits per heavy atom. The summed E-state index contributed by atoms with van der Waals surface area (Å²) in [4.78, 5) is 25.2. The van der Waals surface area contributed by atoms with Crippen LogP contribution in [0, 0.1) is 0 Å². The molecule has 4 rings (SSSR count). The van der Waals surface area contributed by atoms with Crippen LogP contribution in [0.15, 0.2) is 52.3 Å². The maximum absolute atomic E-state index is 12.6. The van der Waals surface area contributed by atoms with Gasteiger partial charge in [-0.1, -0.05) is 0 Å². The first-order chi connectivity index (χ1) is 13.4. The SMILES string of the molecule is O=C1CSc2ccc(C(=O)Nc3ccc(S(=O)(=O)N4CCCC4)cc3)cc2N1. The first-order valence-corrected chi connectivity index (χ1v) is 11.3. The molecule has 0 unspecified atom stereocenters. The lowest BCUT2D eigenvalue weighted by molar-refractivity contribution is -0.113. The number of carbonyl (C=O) groups excluding carboxylic acids is 2. The number of carbonyl (C=O) groups is 2. The maximum atomic E-state index is 12.6. The Bertz CT molecular complexity index is 1030. The number of fused-ring (bicyclic) bond motifs is 1. The summed E-state index contributed by atoms with van der Waals surface area (Å²) in [5.74, 6) is -0.0572. The van der Waals surface area contributed by atoms with Crippen molar-refractivity contribution < 1.29 is 18.0 Å². The zero-order valence-electron chi connectivity index (χ0n) is 15.0. The molecule has 0 bridgehead atoms. The third-order valence-electron chi connectivity index (χ3n) is 4.69. The number of anilines is 2. The number of hydrogen-bond donors (Lipinski definition) is 2. The molecule has 9 heteroatoms. The lowest BCUT2D eigenvalue weighted by Crippen LogP contribution is -2.27. The van der Waals surface area contributed by atoms with Gasteiger partial charge in [0.25, 0.3) is 5.91 Å². The molecule has 1 saturated heterocycles. The van der Waals surface area contributed by atoms with E-state index in [1.54, 1.807) is 30.3 Å². The topological polar surface area (TPSA) is 95.6 Å². The van der Waals surface area contributed by atoms with E-state index in [1.807, 2.05) is 0 Å². The fraction of sp³-hybridized carbons (Fsp3) is 0.263. The fourth-order valence-electron chi connectivity index (χ4n) is 3.22. The molecule has 2 heterocycles. The quantitative estimate of drug-likeness (QED) is 0.798. The number of rotatable bonds is 4. The molecule has 2 aliphatic rings. The van der Waals surface area contributed by atoms with Crippen molar-refractivity contribution in [2.75, 3.05) is 29.5 Å². The van der Waals surface area contributed by atoms with Gasteiger partial charge in [0.15, 0.2) is 0 Å². The summed E-state index contributed by atoms with van der Waals surface area (Å²) in [7, 11) is -3.47. The molecule has 0 aromatic heterocycles. The van der Waals surface area contributed by atoms with Crippen LogP contribution < -0.4 is 10.6 Å².